The van der Waals surface area contributed by atoms with Crippen LogP contribution in [-0.2, 0) is 33.9 Å². The maximum atomic E-state index is 14.4. The molecule has 0 saturated heterocycles. The number of benzene rings is 4. The molecule has 0 spiro atoms. The van der Waals surface area contributed by atoms with Crippen LogP contribution in [0.5, 0.6) is 11.5 Å². The number of amides is 1. The topological polar surface area (TPSA) is 68.3 Å². The van der Waals surface area contributed by atoms with Gasteiger partial charge in [0.05, 0.1) is 15.7 Å². The van der Waals surface area contributed by atoms with E-state index in [1.54, 1.807) is 24.1 Å². The Balaban J connectivity index is 1.14. The van der Waals surface area contributed by atoms with Gasteiger partial charge in [0.25, 0.3) is 5.91 Å². The zero-order valence-corrected chi connectivity index (χ0v) is 33.3. The first-order valence-corrected chi connectivity index (χ1v) is 20.0. The molecule has 0 aromatic heterocycles. The molecular formula is C45H50Cl2N2O5. The van der Waals surface area contributed by atoms with E-state index >= 15 is 0 Å². The monoisotopic (exact) mass is 768 g/mol. The largest absolute Gasteiger partial charge is 0.489 e. The molecule has 6 atom stereocenters. The summed E-state index contributed by atoms with van der Waals surface area (Å²) >= 11 is 12.2. The first-order valence-electron chi connectivity index (χ1n) is 19.3. The quantitative estimate of drug-likeness (QED) is 0.150. The van der Waals surface area contributed by atoms with Crippen molar-refractivity contribution in [1.29, 1.82) is 0 Å². The molecule has 4 aromatic carbocycles. The van der Waals surface area contributed by atoms with Crippen molar-refractivity contribution in [3.63, 3.8) is 0 Å². The summed E-state index contributed by atoms with van der Waals surface area (Å²) in [6.07, 6.45) is 3.60. The molecule has 54 heavy (non-hydrogen) atoms. The maximum Gasteiger partial charge on any atom is 0.324 e. The van der Waals surface area contributed by atoms with Gasteiger partial charge in [-0.3, -0.25) is 14.5 Å². The Bertz CT molecular complexity index is 1970. The number of carbonyl (C=O) groups is 2. The average molecular weight is 770 g/mol. The van der Waals surface area contributed by atoms with Crippen LogP contribution in [0.15, 0.2) is 84.9 Å². The molecule has 0 radical (unpaired) electrons. The number of esters is 1. The smallest absolute Gasteiger partial charge is 0.324 e. The lowest BCUT2D eigenvalue weighted by molar-refractivity contribution is -0.164. The summed E-state index contributed by atoms with van der Waals surface area (Å²) in [6, 6.07) is 26.9. The van der Waals surface area contributed by atoms with Crippen LogP contribution in [0.2, 0.25) is 10.0 Å². The van der Waals surface area contributed by atoms with Crippen molar-refractivity contribution in [3.8, 4) is 11.5 Å². The van der Waals surface area contributed by atoms with E-state index < -0.39 is 12.1 Å². The molecule has 7 rings (SSSR count). The van der Waals surface area contributed by atoms with Gasteiger partial charge in [-0.15, -0.1) is 0 Å². The van der Waals surface area contributed by atoms with E-state index in [1.165, 1.54) is 12.0 Å². The van der Waals surface area contributed by atoms with Crippen molar-refractivity contribution < 1.29 is 23.8 Å². The van der Waals surface area contributed by atoms with Crippen LogP contribution in [0, 0.1) is 17.8 Å². The van der Waals surface area contributed by atoms with Gasteiger partial charge in [-0.05, 0) is 102 Å². The van der Waals surface area contributed by atoms with Gasteiger partial charge in [-0.2, -0.15) is 0 Å². The van der Waals surface area contributed by atoms with E-state index in [0.717, 1.165) is 41.5 Å². The highest BCUT2D eigenvalue weighted by Gasteiger charge is 2.42. The number of ether oxygens (including phenoxy) is 3. The summed E-state index contributed by atoms with van der Waals surface area (Å²) in [5.74, 6) is 2.32. The second-order valence-corrected chi connectivity index (χ2v) is 16.4. The van der Waals surface area contributed by atoms with Gasteiger partial charge in [0, 0.05) is 25.2 Å². The van der Waals surface area contributed by atoms with Crippen molar-refractivity contribution in [2.45, 2.75) is 97.2 Å². The molecule has 7 nitrogen and oxygen atoms in total. The molecule has 0 bridgehead atoms. The minimum absolute atomic E-state index is 0.0226. The molecule has 4 aromatic rings. The SMILES string of the molecule is CC[C@H](c1ccccc1)N1Cc2cc3c(cc2C[C@H]1C(=O)OC1C[C@H](C)CC[C@H]1C(C)C)N(C)C(=O)[C@H](c1ccc(OCc2ccc(Cl)c(Cl)c2)cc1)O3. The first kappa shape index (κ1) is 38.2. The van der Waals surface area contributed by atoms with E-state index in [-0.39, 0.29) is 24.0 Å². The molecule has 1 amide bonds. The minimum Gasteiger partial charge on any atom is -0.489 e. The van der Waals surface area contributed by atoms with E-state index in [2.05, 4.69) is 62.9 Å². The highest BCUT2D eigenvalue weighted by molar-refractivity contribution is 6.42. The maximum absolute atomic E-state index is 14.4. The molecular weight excluding hydrogens is 719 g/mol. The highest BCUT2D eigenvalue weighted by atomic mass is 35.5. The van der Waals surface area contributed by atoms with Gasteiger partial charge in [-0.1, -0.05) is 106 Å². The average Bonchev–Trinajstić information content (AvgIpc) is 3.16. The van der Waals surface area contributed by atoms with E-state index in [9.17, 15) is 9.59 Å². The van der Waals surface area contributed by atoms with Crippen molar-refractivity contribution in [2.24, 2.45) is 17.8 Å². The Morgan fingerprint density at radius 2 is 1.70 bits per heavy atom. The van der Waals surface area contributed by atoms with Gasteiger partial charge >= 0.3 is 5.97 Å². The van der Waals surface area contributed by atoms with E-state index in [1.807, 2.05) is 42.5 Å². The van der Waals surface area contributed by atoms with Crippen LogP contribution < -0.4 is 14.4 Å². The molecule has 284 valence electrons. The number of anilines is 1. The number of nitrogens with zero attached hydrogens (tertiary/aromatic N) is 2. The number of hydrogen-bond donors (Lipinski definition) is 0. The van der Waals surface area contributed by atoms with Crippen molar-refractivity contribution in [2.75, 3.05) is 11.9 Å². The second-order valence-electron chi connectivity index (χ2n) is 15.6. The molecule has 2 aliphatic heterocycles. The molecule has 0 N–H and O–H groups in total. The lowest BCUT2D eigenvalue weighted by Gasteiger charge is -2.43. The van der Waals surface area contributed by atoms with Crippen LogP contribution in [-0.4, -0.2) is 36.0 Å². The normalized spacial score (nSPS) is 23.3. The van der Waals surface area contributed by atoms with Crippen molar-refractivity contribution in [1.82, 2.24) is 4.90 Å². The number of carbonyl (C=O) groups excluding carboxylic acids is 2. The van der Waals surface area contributed by atoms with Crippen molar-refractivity contribution >= 4 is 40.8 Å². The van der Waals surface area contributed by atoms with Crippen molar-refractivity contribution in [3.05, 3.63) is 123 Å². The molecule has 1 aliphatic carbocycles. The molecule has 2 heterocycles. The number of halogens is 2. The third-order valence-corrected chi connectivity index (χ3v) is 12.4. The van der Waals surface area contributed by atoms with Crippen LogP contribution in [0.3, 0.4) is 0 Å². The Morgan fingerprint density at radius 1 is 0.944 bits per heavy atom. The van der Waals surface area contributed by atoms with Crippen LogP contribution in [0.4, 0.5) is 5.69 Å². The summed E-state index contributed by atoms with van der Waals surface area (Å²) in [6.45, 7) is 9.81. The van der Waals surface area contributed by atoms with Gasteiger partial charge in [0.15, 0.2) is 0 Å². The van der Waals surface area contributed by atoms with Gasteiger partial charge in [0.2, 0.25) is 6.10 Å². The van der Waals surface area contributed by atoms with E-state index in [0.29, 0.717) is 64.6 Å². The summed E-state index contributed by atoms with van der Waals surface area (Å²) in [5, 5.41) is 0.976. The Morgan fingerprint density at radius 3 is 2.41 bits per heavy atom. The molecule has 1 saturated carbocycles. The third-order valence-electron chi connectivity index (χ3n) is 11.7. The van der Waals surface area contributed by atoms with Gasteiger partial charge < -0.3 is 19.1 Å². The van der Waals surface area contributed by atoms with Gasteiger partial charge in [0.1, 0.15) is 30.3 Å². The van der Waals surface area contributed by atoms with Crippen LogP contribution >= 0.6 is 23.2 Å². The summed E-state index contributed by atoms with van der Waals surface area (Å²) in [4.78, 5) is 32.2. The molecule has 1 unspecified atom stereocenters. The standard InChI is InChI=1S/C45H50Cl2N2O5/c1-6-38(30-10-8-7-9-11-30)49-25-33-24-42-39(22-32(33)23-40(49)45(51)54-41-20-28(4)12-18-35(41)27(2)3)48(5)44(50)43(53-42)31-14-16-34(17-15-31)52-26-29-13-19-36(46)37(47)21-29/h7-11,13-17,19,21-22,24,27-28,35,38,40-41,43H,6,12,18,20,23,25-26H2,1-5H3/t28-,35+,38-,40+,41?,43+/m1/s1. The Hall–Kier alpha value is -4.04. The third kappa shape index (κ3) is 8.00. The lowest BCUT2D eigenvalue weighted by Crippen LogP contribution is -2.50. The Kier molecular flexibility index (Phi) is 11.6. The van der Waals surface area contributed by atoms with Crippen LogP contribution in [0.1, 0.15) is 93.3 Å². The minimum atomic E-state index is -0.813. The summed E-state index contributed by atoms with van der Waals surface area (Å²) in [5.41, 5.74) is 5.64. The fraction of sp³-hybridized carbons (Fsp3) is 0.422. The predicted octanol–water partition coefficient (Wildman–Crippen LogP) is 10.6. The zero-order chi connectivity index (χ0) is 38.1. The van der Waals surface area contributed by atoms with Crippen LogP contribution in [0.25, 0.3) is 0 Å². The molecule has 9 heteroatoms. The second kappa shape index (κ2) is 16.4. The number of likely N-dealkylation sites (N-methyl/N-ethyl adjacent to an activating group) is 1. The van der Waals surface area contributed by atoms with Gasteiger partial charge in [-0.25, -0.2) is 0 Å². The first-order chi connectivity index (χ1) is 26.0. The number of rotatable bonds is 10. The Labute approximate surface area is 329 Å². The summed E-state index contributed by atoms with van der Waals surface area (Å²) < 4.78 is 19.0. The fourth-order valence-electron chi connectivity index (χ4n) is 8.56. The summed E-state index contributed by atoms with van der Waals surface area (Å²) in [7, 11) is 1.79. The molecule has 3 aliphatic rings. The fourth-order valence-corrected chi connectivity index (χ4v) is 8.88. The zero-order valence-electron chi connectivity index (χ0n) is 31.8. The van der Waals surface area contributed by atoms with E-state index in [4.69, 9.17) is 37.4 Å². The predicted molar refractivity (Wildman–Crippen MR) is 214 cm³/mol. The number of hydrogen-bond acceptors (Lipinski definition) is 6. The molecule has 1 fully saturated rings. The lowest BCUT2D eigenvalue weighted by atomic mass is 9.75. The number of fused-ring (bicyclic) bond motifs is 2. The highest BCUT2D eigenvalue weighted by Crippen LogP contribution is 2.44.